The Bertz CT molecular complexity index is 887. The van der Waals surface area contributed by atoms with Crippen molar-refractivity contribution in [2.45, 2.75) is 52.5 Å². The number of hydrogen-bond donors (Lipinski definition) is 2. The first-order chi connectivity index (χ1) is 16.0. The van der Waals surface area contributed by atoms with Crippen LogP contribution >= 0.6 is 0 Å². The lowest BCUT2D eigenvalue weighted by Crippen LogP contribution is -2.38. The monoisotopic (exact) mass is 455 g/mol. The second-order valence-electron chi connectivity index (χ2n) is 9.42. The normalized spacial score (nSPS) is 16.6. The molecule has 0 bridgehead atoms. The molecule has 7 nitrogen and oxygen atoms in total. The predicted molar refractivity (Wildman–Crippen MR) is 128 cm³/mol. The molecule has 7 heteroatoms. The Hall–Kier alpha value is -2.64. The zero-order valence-electron chi connectivity index (χ0n) is 19.9. The van der Waals surface area contributed by atoms with E-state index in [0.717, 1.165) is 44.2 Å². The van der Waals surface area contributed by atoms with Crippen LogP contribution in [0.15, 0.2) is 42.6 Å². The van der Waals surface area contributed by atoms with E-state index >= 15 is 0 Å². The van der Waals surface area contributed by atoms with Crippen LogP contribution in [0.2, 0.25) is 0 Å². The fraction of sp³-hybridized carbons (Fsp3) is 0.538. The molecule has 1 aliphatic rings. The summed E-state index contributed by atoms with van der Waals surface area (Å²) in [5.74, 6) is 1.89. The predicted octanol–water partition coefficient (Wildman–Crippen LogP) is 4.15. The molecular formula is C26H37N3O4. The van der Waals surface area contributed by atoms with Crippen LogP contribution in [0, 0.1) is 5.41 Å². The number of unbranched alkanes of at least 4 members (excludes halogenated alkanes) is 2. The molecule has 0 saturated carbocycles. The highest BCUT2D eigenvalue weighted by atomic mass is 16.5. The van der Waals surface area contributed by atoms with Crippen molar-refractivity contribution >= 4 is 5.91 Å². The zero-order chi connectivity index (χ0) is 23.5. The maximum Gasteiger partial charge on any atom is 0.234 e. The summed E-state index contributed by atoms with van der Waals surface area (Å²) in [4.78, 5) is 19.2. The van der Waals surface area contributed by atoms with Crippen LogP contribution < -0.4 is 14.8 Å². The molecule has 1 aromatic heterocycles. The van der Waals surface area contributed by atoms with Crippen molar-refractivity contribution in [3.63, 3.8) is 0 Å². The minimum Gasteiger partial charge on any atom is -0.489 e. The SMILES string of the molecule is CC1(C)CCCN(CC(=O)NCCCCCO)Cc2cccnc2Oc2ccccc2OC1. The molecule has 33 heavy (non-hydrogen) atoms. The number of aliphatic hydroxyl groups is 1. The third kappa shape index (κ3) is 8.33. The third-order valence-corrected chi connectivity index (χ3v) is 5.77. The van der Waals surface area contributed by atoms with Crippen LogP contribution in [-0.4, -0.2) is 53.7 Å². The van der Waals surface area contributed by atoms with Crippen molar-refractivity contribution in [1.82, 2.24) is 15.2 Å². The van der Waals surface area contributed by atoms with Crippen molar-refractivity contribution in [2.75, 3.05) is 32.8 Å². The van der Waals surface area contributed by atoms with Gasteiger partial charge in [0.2, 0.25) is 11.8 Å². The molecule has 2 N–H and O–H groups in total. The Morgan fingerprint density at radius 2 is 1.97 bits per heavy atom. The van der Waals surface area contributed by atoms with Crippen LogP contribution in [0.3, 0.4) is 0 Å². The standard InChI is InChI=1S/C26H37N3O4/c1-26(2)13-9-16-29(19-24(31)27-14-6-3-7-17-30)18-21-10-8-15-28-25(21)33-23-12-5-4-11-22(23)32-20-26/h4-5,8,10-12,15,30H,3,6-7,9,13-14,16-20H2,1-2H3,(H,27,31). The van der Waals surface area contributed by atoms with E-state index in [1.54, 1.807) is 6.20 Å². The summed E-state index contributed by atoms with van der Waals surface area (Å²) >= 11 is 0. The number of carbonyl (C=O) groups excluding carboxylic acids is 1. The number of aliphatic hydroxyl groups excluding tert-OH is 1. The number of hydrogen-bond acceptors (Lipinski definition) is 6. The highest BCUT2D eigenvalue weighted by molar-refractivity contribution is 5.78. The number of pyridine rings is 1. The number of benzene rings is 1. The highest BCUT2D eigenvalue weighted by Crippen LogP contribution is 2.34. The van der Waals surface area contributed by atoms with E-state index in [4.69, 9.17) is 14.6 Å². The van der Waals surface area contributed by atoms with Gasteiger partial charge in [-0.1, -0.05) is 32.0 Å². The first-order valence-corrected chi connectivity index (χ1v) is 11.9. The average molecular weight is 456 g/mol. The quantitative estimate of drug-likeness (QED) is 0.610. The molecule has 0 unspecified atom stereocenters. The van der Waals surface area contributed by atoms with Gasteiger partial charge >= 0.3 is 0 Å². The fourth-order valence-electron chi connectivity index (χ4n) is 3.88. The maximum absolute atomic E-state index is 12.6. The molecule has 0 radical (unpaired) electrons. The van der Waals surface area contributed by atoms with Crippen molar-refractivity contribution in [1.29, 1.82) is 0 Å². The minimum atomic E-state index is -0.00704. The summed E-state index contributed by atoms with van der Waals surface area (Å²) < 4.78 is 12.3. The molecule has 1 amide bonds. The first kappa shape index (κ1) is 25.0. The van der Waals surface area contributed by atoms with Gasteiger partial charge in [0.25, 0.3) is 0 Å². The smallest absolute Gasteiger partial charge is 0.234 e. The van der Waals surface area contributed by atoms with Crippen LogP contribution in [0.5, 0.6) is 17.4 Å². The molecule has 0 saturated heterocycles. The number of fused-ring (bicyclic) bond motifs is 2. The van der Waals surface area contributed by atoms with Crippen molar-refractivity contribution in [3.05, 3.63) is 48.2 Å². The molecule has 180 valence electrons. The number of carbonyl (C=O) groups is 1. The lowest BCUT2D eigenvalue weighted by Gasteiger charge is -2.27. The molecule has 1 aromatic carbocycles. The summed E-state index contributed by atoms with van der Waals surface area (Å²) in [7, 11) is 0. The summed E-state index contributed by atoms with van der Waals surface area (Å²) in [5, 5.41) is 11.9. The zero-order valence-corrected chi connectivity index (χ0v) is 19.9. The Morgan fingerprint density at radius 3 is 2.79 bits per heavy atom. The molecule has 0 spiro atoms. The second-order valence-corrected chi connectivity index (χ2v) is 9.42. The second kappa shape index (κ2) is 12.6. The van der Waals surface area contributed by atoms with Crippen LogP contribution in [0.25, 0.3) is 0 Å². The number of ether oxygens (including phenoxy) is 2. The largest absolute Gasteiger partial charge is 0.489 e. The number of amides is 1. The first-order valence-electron chi connectivity index (χ1n) is 11.9. The Kier molecular flexibility index (Phi) is 9.51. The molecule has 2 aromatic rings. The van der Waals surface area contributed by atoms with E-state index in [1.807, 2.05) is 36.4 Å². The van der Waals surface area contributed by atoms with Gasteiger partial charge in [-0.2, -0.15) is 0 Å². The fourth-order valence-corrected chi connectivity index (χ4v) is 3.88. The topological polar surface area (TPSA) is 83.9 Å². The molecule has 0 fully saturated rings. The molecule has 1 aliphatic heterocycles. The molecule has 2 heterocycles. The number of nitrogens with one attached hydrogen (secondary N) is 1. The molecule has 0 aliphatic carbocycles. The van der Waals surface area contributed by atoms with Crippen molar-refractivity contribution in [2.24, 2.45) is 5.41 Å². The van der Waals surface area contributed by atoms with E-state index < -0.39 is 0 Å². The molecule has 3 rings (SSSR count). The molecular weight excluding hydrogens is 418 g/mol. The van der Waals surface area contributed by atoms with E-state index in [0.29, 0.717) is 43.6 Å². The Balaban J connectivity index is 1.75. The summed E-state index contributed by atoms with van der Waals surface area (Å²) in [6, 6.07) is 11.6. The van der Waals surface area contributed by atoms with E-state index in [2.05, 4.69) is 29.0 Å². The number of para-hydroxylation sites is 2. The van der Waals surface area contributed by atoms with E-state index in [-0.39, 0.29) is 17.9 Å². The third-order valence-electron chi connectivity index (χ3n) is 5.77. The molecule has 0 atom stereocenters. The van der Waals surface area contributed by atoms with Gasteiger partial charge in [-0.3, -0.25) is 9.69 Å². The lowest BCUT2D eigenvalue weighted by atomic mass is 9.88. The van der Waals surface area contributed by atoms with Gasteiger partial charge in [-0.05, 0) is 62.3 Å². The van der Waals surface area contributed by atoms with Crippen molar-refractivity contribution in [3.8, 4) is 17.4 Å². The van der Waals surface area contributed by atoms with Gasteiger partial charge in [0.05, 0.1) is 13.2 Å². The summed E-state index contributed by atoms with van der Waals surface area (Å²) in [5.41, 5.74) is 0.925. The maximum atomic E-state index is 12.6. The van der Waals surface area contributed by atoms with Gasteiger partial charge in [0, 0.05) is 31.5 Å². The van der Waals surface area contributed by atoms with Crippen LogP contribution in [-0.2, 0) is 11.3 Å². The van der Waals surface area contributed by atoms with Crippen molar-refractivity contribution < 1.29 is 19.4 Å². The Morgan fingerprint density at radius 1 is 1.15 bits per heavy atom. The van der Waals surface area contributed by atoms with Gasteiger partial charge in [-0.15, -0.1) is 0 Å². The van der Waals surface area contributed by atoms with Gasteiger partial charge in [0.1, 0.15) is 0 Å². The van der Waals surface area contributed by atoms with Crippen LogP contribution in [0.4, 0.5) is 0 Å². The number of nitrogens with zero attached hydrogens (tertiary/aromatic N) is 2. The van der Waals surface area contributed by atoms with Gasteiger partial charge in [-0.25, -0.2) is 4.98 Å². The summed E-state index contributed by atoms with van der Waals surface area (Å²) in [6.07, 6.45) is 6.21. The number of aromatic nitrogens is 1. The van der Waals surface area contributed by atoms with Gasteiger partial charge < -0.3 is 19.9 Å². The Labute approximate surface area is 197 Å². The number of rotatable bonds is 7. The summed E-state index contributed by atoms with van der Waals surface area (Å²) in [6.45, 7) is 7.51. The van der Waals surface area contributed by atoms with Crippen LogP contribution in [0.1, 0.15) is 51.5 Å². The van der Waals surface area contributed by atoms with Gasteiger partial charge in [0.15, 0.2) is 11.5 Å². The highest BCUT2D eigenvalue weighted by Gasteiger charge is 2.23. The average Bonchev–Trinajstić information content (AvgIpc) is 2.80. The van der Waals surface area contributed by atoms with E-state index in [1.165, 1.54) is 0 Å². The lowest BCUT2D eigenvalue weighted by molar-refractivity contribution is -0.122. The van der Waals surface area contributed by atoms with E-state index in [9.17, 15) is 4.79 Å². The minimum absolute atomic E-state index is 0.00704.